The van der Waals surface area contributed by atoms with Gasteiger partial charge in [0.2, 0.25) is 12.2 Å². The molecule has 2 amide bonds. The van der Waals surface area contributed by atoms with E-state index in [2.05, 4.69) is 5.09 Å². The lowest BCUT2D eigenvalue weighted by atomic mass is 10.2. The fourth-order valence-corrected chi connectivity index (χ4v) is 3.64. The smallest absolute Gasteiger partial charge is 0.323 e. The van der Waals surface area contributed by atoms with Crippen LogP contribution in [-0.4, -0.2) is 68.5 Å². The van der Waals surface area contributed by atoms with Crippen LogP contribution in [-0.2, 0) is 28.4 Å². The Hall–Kier alpha value is -2.66. The lowest BCUT2D eigenvalue weighted by Gasteiger charge is -2.26. The van der Waals surface area contributed by atoms with Crippen molar-refractivity contribution in [2.45, 2.75) is 51.7 Å². The van der Waals surface area contributed by atoms with Gasteiger partial charge in [0.15, 0.2) is 6.30 Å². The van der Waals surface area contributed by atoms with Crippen molar-refractivity contribution in [2.24, 2.45) is 0 Å². The highest BCUT2D eigenvalue weighted by Gasteiger charge is 2.26. The maximum absolute atomic E-state index is 14.6. The van der Waals surface area contributed by atoms with Gasteiger partial charge in [0.25, 0.3) is 5.91 Å². The molecule has 4 atom stereocenters. The second kappa shape index (κ2) is 16.1. The third kappa shape index (κ3) is 12.0. The molecule has 0 aliphatic carbocycles. The molecular formula is C22H32F2N3O7P. The van der Waals surface area contributed by atoms with Crippen molar-refractivity contribution < 1.29 is 41.7 Å². The summed E-state index contributed by atoms with van der Waals surface area (Å²) in [6.07, 6.45) is -2.41. The molecule has 0 spiro atoms. The topological polar surface area (TPSA) is 115 Å². The zero-order valence-corrected chi connectivity index (χ0v) is 21.2. The van der Waals surface area contributed by atoms with E-state index in [1.165, 1.54) is 14.2 Å². The fourth-order valence-electron chi connectivity index (χ4n) is 2.42. The van der Waals surface area contributed by atoms with Crippen LogP contribution in [0, 0.1) is 0 Å². The fraction of sp³-hybridized carbons (Fsp3) is 0.500. The Bertz CT molecular complexity index is 833. The highest BCUT2D eigenvalue weighted by atomic mass is 31.2. The quantitative estimate of drug-likeness (QED) is 0.112. The molecule has 0 bridgehead atoms. The Kier molecular flexibility index (Phi) is 14.0. The molecule has 196 valence electrons. The van der Waals surface area contributed by atoms with Gasteiger partial charge in [0.05, 0.1) is 18.8 Å². The predicted molar refractivity (Wildman–Crippen MR) is 125 cm³/mol. The first kappa shape index (κ1) is 30.4. The van der Waals surface area contributed by atoms with Gasteiger partial charge in [0.1, 0.15) is 11.8 Å². The summed E-state index contributed by atoms with van der Waals surface area (Å²) >= 11 is 0. The van der Waals surface area contributed by atoms with Crippen LogP contribution in [0.5, 0.6) is 5.75 Å². The number of nitrogens with one attached hydrogen (secondary N) is 2. The number of hydrogen-bond acceptors (Lipinski definition) is 9. The summed E-state index contributed by atoms with van der Waals surface area (Å²) < 4.78 is 50.4. The summed E-state index contributed by atoms with van der Waals surface area (Å²) in [5.74, 6) is -2.62. The van der Waals surface area contributed by atoms with Gasteiger partial charge < -0.3 is 23.4 Å². The number of hydrogen-bond donors (Lipinski definition) is 2. The molecular weight excluding hydrogens is 487 g/mol. The number of para-hydroxylation sites is 1. The molecule has 4 unspecified atom stereocenters. The summed E-state index contributed by atoms with van der Waals surface area (Å²) in [7, 11) is 0.711. The molecule has 1 rings (SSSR count). The first-order chi connectivity index (χ1) is 16.6. The van der Waals surface area contributed by atoms with E-state index in [1.807, 2.05) is 6.07 Å². The van der Waals surface area contributed by atoms with Gasteiger partial charge in [-0.3, -0.25) is 19.7 Å². The molecule has 0 aromatic heterocycles. The standard InChI is InChI=1S/C22H32F2N3O7P/c1-15(2)33-22(30)16(3)26-35(34-17-9-7-6-8-10-17)32-13-18(31-5)11-20(24)27(4)12-19(23)21(29)25-14-28/h6-10,12,14-16,18,20,26H,11,13H2,1-5H3,(H,25,28,29)/b19-12+. The molecule has 0 heterocycles. The molecule has 0 radical (unpaired) electrons. The molecule has 0 aliphatic heterocycles. The average Bonchev–Trinajstić information content (AvgIpc) is 2.81. The van der Waals surface area contributed by atoms with Crippen LogP contribution in [0.3, 0.4) is 0 Å². The zero-order chi connectivity index (χ0) is 26.4. The van der Waals surface area contributed by atoms with Crippen molar-refractivity contribution >= 4 is 26.8 Å². The molecule has 2 N–H and O–H groups in total. The van der Waals surface area contributed by atoms with Crippen LogP contribution in [0.15, 0.2) is 42.4 Å². The molecule has 10 nitrogen and oxygen atoms in total. The Balaban J connectivity index is 2.79. The highest BCUT2D eigenvalue weighted by Crippen LogP contribution is 2.36. The lowest BCUT2D eigenvalue weighted by Crippen LogP contribution is -2.36. The zero-order valence-electron chi connectivity index (χ0n) is 20.3. The number of amides is 2. The number of methoxy groups -OCH3 is 1. The number of rotatable bonds is 16. The van der Waals surface area contributed by atoms with Gasteiger partial charge in [-0.15, -0.1) is 0 Å². The van der Waals surface area contributed by atoms with Gasteiger partial charge in [-0.1, -0.05) is 18.2 Å². The van der Waals surface area contributed by atoms with Crippen molar-refractivity contribution in [3.05, 3.63) is 42.4 Å². The van der Waals surface area contributed by atoms with Crippen LogP contribution in [0.1, 0.15) is 27.2 Å². The Morgan fingerprint density at radius 2 is 1.86 bits per heavy atom. The van der Waals surface area contributed by atoms with Crippen molar-refractivity contribution in [3.63, 3.8) is 0 Å². The summed E-state index contributed by atoms with van der Waals surface area (Å²) in [6, 6.07) is 8.01. The van der Waals surface area contributed by atoms with E-state index in [0.29, 0.717) is 11.9 Å². The number of halogens is 2. The lowest BCUT2D eigenvalue weighted by molar-refractivity contribution is -0.149. The van der Waals surface area contributed by atoms with Gasteiger partial charge in [-0.2, -0.15) is 4.39 Å². The number of ether oxygens (including phenoxy) is 2. The van der Waals surface area contributed by atoms with Gasteiger partial charge >= 0.3 is 14.5 Å². The number of alkyl halides is 1. The number of benzene rings is 1. The Morgan fingerprint density at radius 1 is 1.20 bits per heavy atom. The summed E-state index contributed by atoms with van der Waals surface area (Å²) in [5, 5.41) is 4.55. The van der Waals surface area contributed by atoms with Crippen LogP contribution < -0.4 is 14.9 Å². The summed E-state index contributed by atoms with van der Waals surface area (Å²) in [5.41, 5.74) is 0. The van der Waals surface area contributed by atoms with E-state index in [9.17, 15) is 23.2 Å². The maximum Gasteiger partial charge on any atom is 0.323 e. The van der Waals surface area contributed by atoms with Crippen LogP contribution in [0.25, 0.3) is 0 Å². The summed E-state index contributed by atoms with van der Waals surface area (Å²) in [6.45, 7) is 4.93. The normalized spacial score (nSPS) is 15.0. The molecule has 0 saturated heterocycles. The number of carbonyl (C=O) groups is 3. The van der Waals surface area contributed by atoms with Gasteiger partial charge in [-0.05, 0) is 32.9 Å². The first-order valence-electron chi connectivity index (χ1n) is 10.7. The number of carbonyl (C=O) groups excluding carboxylic acids is 3. The Labute approximate surface area is 204 Å². The van der Waals surface area contributed by atoms with Crippen molar-refractivity contribution in [3.8, 4) is 5.75 Å². The van der Waals surface area contributed by atoms with E-state index in [4.69, 9.17) is 18.5 Å². The summed E-state index contributed by atoms with van der Waals surface area (Å²) in [4.78, 5) is 34.5. The second-order valence-corrected chi connectivity index (χ2v) is 8.77. The largest absolute Gasteiger partial charge is 0.462 e. The van der Waals surface area contributed by atoms with E-state index in [-0.39, 0.29) is 25.5 Å². The van der Waals surface area contributed by atoms with E-state index < -0.39 is 44.7 Å². The van der Waals surface area contributed by atoms with Crippen molar-refractivity contribution in [1.29, 1.82) is 0 Å². The molecule has 1 aromatic carbocycles. The number of nitrogens with zero attached hydrogens (tertiary/aromatic N) is 1. The number of imide groups is 1. The Morgan fingerprint density at radius 3 is 2.43 bits per heavy atom. The van der Waals surface area contributed by atoms with Crippen LogP contribution in [0.2, 0.25) is 0 Å². The molecule has 1 aromatic rings. The average molecular weight is 519 g/mol. The van der Waals surface area contributed by atoms with Gasteiger partial charge in [-0.25, -0.2) is 9.48 Å². The molecule has 0 fully saturated rings. The first-order valence-corrected chi connectivity index (χ1v) is 11.9. The molecule has 0 saturated carbocycles. The predicted octanol–water partition coefficient (Wildman–Crippen LogP) is 2.95. The van der Waals surface area contributed by atoms with Crippen molar-refractivity contribution in [1.82, 2.24) is 15.3 Å². The SMILES string of the molecule is COC(COP(NC(C)C(=O)OC(C)C)Oc1ccccc1)CC(F)N(C)/C=C(/F)C(=O)NC=O. The second-order valence-electron chi connectivity index (χ2n) is 7.56. The monoisotopic (exact) mass is 519 g/mol. The molecule has 0 aliphatic rings. The third-order valence-corrected chi connectivity index (χ3v) is 5.63. The van der Waals surface area contributed by atoms with Crippen LogP contribution >= 0.6 is 8.53 Å². The number of esters is 1. The van der Waals surface area contributed by atoms with Crippen molar-refractivity contribution in [2.75, 3.05) is 20.8 Å². The van der Waals surface area contributed by atoms with E-state index >= 15 is 0 Å². The minimum Gasteiger partial charge on any atom is -0.462 e. The maximum atomic E-state index is 14.6. The minimum absolute atomic E-state index is 0.0220. The molecule has 35 heavy (non-hydrogen) atoms. The van der Waals surface area contributed by atoms with Gasteiger partial charge in [0, 0.05) is 26.8 Å². The third-order valence-electron chi connectivity index (χ3n) is 4.27. The van der Waals surface area contributed by atoms with Crippen LogP contribution in [0.4, 0.5) is 8.78 Å². The van der Waals surface area contributed by atoms with E-state index in [0.717, 1.165) is 4.90 Å². The van der Waals surface area contributed by atoms with E-state index in [1.54, 1.807) is 50.4 Å². The minimum atomic E-state index is -1.86. The highest BCUT2D eigenvalue weighted by molar-refractivity contribution is 7.45. The molecule has 13 heteroatoms.